The summed E-state index contributed by atoms with van der Waals surface area (Å²) >= 11 is 7.31. The first-order valence-electron chi connectivity index (χ1n) is 5.55. The predicted molar refractivity (Wildman–Crippen MR) is 70.6 cm³/mol. The maximum atomic E-state index is 12.1. The molecule has 1 unspecified atom stereocenters. The summed E-state index contributed by atoms with van der Waals surface area (Å²) in [4.78, 5) is 25.8. The second-order valence-corrected chi connectivity index (χ2v) is 5.94. The summed E-state index contributed by atoms with van der Waals surface area (Å²) in [6.07, 6.45) is 0. The minimum atomic E-state index is -0.344. The molecule has 0 saturated carbocycles. The van der Waals surface area contributed by atoms with Gasteiger partial charge in [0.25, 0.3) is 0 Å². The Morgan fingerprint density at radius 1 is 1.61 bits per heavy atom. The molecule has 2 amide bonds. The van der Waals surface area contributed by atoms with Crippen molar-refractivity contribution in [1.29, 1.82) is 0 Å². The number of thiophene rings is 1. The van der Waals surface area contributed by atoms with Crippen molar-refractivity contribution in [2.24, 2.45) is 0 Å². The molecule has 0 aliphatic carbocycles. The Balaban J connectivity index is 1.90. The number of halogens is 1. The minimum absolute atomic E-state index is 0.0282. The topological polar surface area (TPSA) is 61.4 Å². The van der Waals surface area contributed by atoms with Crippen molar-refractivity contribution >= 4 is 34.8 Å². The molecule has 0 spiro atoms. The highest BCUT2D eigenvalue weighted by Gasteiger charge is 2.26. The van der Waals surface area contributed by atoms with Crippen LogP contribution in [0.1, 0.15) is 4.88 Å². The molecule has 1 aliphatic heterocycles. The van der Waals surface area contributed by atoms with Crippen molar-refractivity contribution in [2.75, 3.05) is 20.1 Å². The molecular formula is C11H14ClN3O2S. The van der Waals surface area contributed by atoms with Crippen LogP contribution in [0, 0.1) is 0 Å². The van der Waals surface area contributed by atoms with Crippen molar-refractivity contribution in [2.45, 2.75) is 12.6 Å². The molecule has 2 heterocycles. The summed E-state index contributed by atoms with van der Waals surface area (Å²) in [5.74, 6) is -0.105. The van der Waals surface area contributed by atoms with Crippen LogP contribution in [0.25, 0.3) is 0 Å². The number of nitrogens with one attached hydrogen (secondary N) is 2. The largest absolute Gasteiger partial charge is 0.353 e. The van der Waals surface area contributed by atoms with Crippen molar-refractivity contribution in [3.8, 4) is 0 Å². The Hall–Kier alpha value is -1.11. The van der Waals surface area contributed by atoms with Crippen LogP contribution in [0.5, 0.6) is 0 Å². The van der Waals surface area contributed by atoms with E-state index < -0.39 is 0 Å². The van der Waals surface area contributed by atoms with Crippen molar-refractivity contribution < 1.29 is 9.59 Å². The van der Waals surface area contributed by atoms with Crippen LogP contribution in [-0.4, -0.2) is 42.9 Å². The minimum Gasteiger partial charge on any atom is -0.353 e. The van der Waals surface area contributed by atoms with E-state index in [1.54, 1.807) is 11.9 Å². The van der Waals surface area contributed by atoms with Gasteiger partial charge in [-0.05, 0) is 12.1 Å². The number of hydrogen-bond acceptors (Lipinski definition) is 4. The van der Waals surface area contributed by atoms with Gasteiger partial charge in [0.2, 0.25) is 11.8 Å². The lowest BCUT2D eigenvalue weighted by atomic mass is 10.2. The number of rotatable bonds is 3. The average molecular weight is 288 g/mol. The van der Waals surface area contributed by atoms with Gasteiger partial charge < -0.3 is 10.2 Å². The van der Waals surface area contributed by atoms with E-state index in [1.165, 1.54) is 11.3 Å². The van der Waals surface area contributed by atoms with Gasteiger partial charge in [-0.15, -0.1) is 11.3 Å². The number of amides is 2. The molecule has 1 aromatic heterocycles. The highest BCUT2D eigenvalue weighted by atomic mass is 35.5. The number of carbonyl (C=O) groups excluding carboxylic acids is 2. The fraction of sp³-hybridized carbons (Fsp3) is 0.455. The van der Waals surface area contributed by atoms with Gasteiger partial charge in [-0.3, -0.25) is 14.9 Å². The molecule has 18 heavy (non-hydrogen) atoms. The first kappa shape index (κ1) is 13.3. The monoisotopic (exact) mass is 287 g/mol. The first-order chi connectivity index (χ1) is 8.56. The van der Waals surface area contributed by atoms with Crippen LogP contribution < -0.4 is 10.6 Å². The summed E-state index contributed by atoms with van der Waals surface area (Å²) < 4.78 is 0.717. The van der Waals surface area contributed by atoms with E-state index >= 15 is 0 Å². The predicted octanol–water partition coefficient (Wildman–Crippen LogP) is 0.448. The normalized spacial score (nSPS) is 19.4. The number of carbonyl (C=O) groups is 2. The van der Waals surface area contributed by atoms with Gasteiger partial charge in [0.15, 0.2) is 0 Å². The van der Waals surface area contributed by atoms with Crippen LogP contribution in [0.3, 0.4) is 0 Å². The molecule has 1 atom stereocenters. The molecule has 2 N–H and O–H groups in total. The molecule has 0 bridgehead atoms. The van der Waals surface area contributed by atoms with Crippen molar-refractivity contribution in [3.63, 3.8) is 0 Å². The van der Waals surface area contributed by atoms with Gasteiger partial charge in [0.05, 0.1) is 17.4 Å². The van der Waals surface area contributed by atoms with E-state index in [4.69, 9.17) is 11.6 Å². The summed E-state index contributed by atoms with van der Waals surface area (Å²) in [6, 6.07) is 3.38. The molecule has 98 valence electrons. The maximum absolute atomic E-state index is 12.1. The van der Waals surface area contributed by atoms with E-state index in [0.717, 1.165) is 4.88 Å². The lowest BCUT2D eigenvalue weighted by Gasteiger charge is -2.27. The van der Waals surface area contributed by atoms with E-state index in [1.807, 2.05) is 12.1 Å². The third-order valence-electron chi connectivity index (χ3n) is 2.71. The standard InChI is InChI=1S/C11H14ClN3O2S/c1-15(6-7-2-3-9(12)18-7)11(17)8-4-14-10(16)5-13-8/h2-3,8,13H,4-6H2,1H3,(H,14,16). The molecule has 1 saturated heterocycles. The third kappa shape index (κ3) is 3.22. The van der Waals surface area contributed by atoms with Crippen LogP contribution in [0.15, 0.2) is 12.1 Å². The Kier molecular flexibility index (Phi) is 4.21. The van der Waals surface area contributed by atoms with E-state index in [-0.39, 0.29) is 24.4 Å². The molecule has 0 aromatic carbocycles. The lowest BCUT2D eigenvalue weighted by molar-refractivity contribution is -0.134. The van der Waals surface area contributed by atoms with Gasteiger partial charge in [-0.25, -0.2) is 0 Å². The van der Waals surface area contributed by atoms with E-state index in [0.29, 0.717) is 17.4 Å². The number of likely N-dealkylation sites (N-methyl/N-ethyl adjacent to an activating group) is 1. The van der Waals surface area contributed by atoms with Crippen LogP contribution >= 0.6 is 22.9 Å². The molecule has 7 heteroatoms. The highest BCUT2D eigenvalue weighted by molar-refractivity contribution is 7.16. The van der Waals surface area contributed by atoms with E-state index in [9.17, 15) is 9.59 Å². The molecule has 5 nitrogen and oxygen atoms in total. The van der Waals surface area contributed by atoms with Gasteiger partial charge in [0.1, 0.15) is 6.04 Å². The highest BCUT2D eigenvalue weighted by Crippen LogP contribution is 2.22. The Bertz CT molecular complexity index is 453. The average Bonchev–Trinajstić information content (AvgIpc) is 2.75. The van der Waals surface area contributed by atoms with Gasteiger partial charge in [-0.1, -0.05) is 11.6 Å². The zero-order valence-electron chi connectivity index (χ0n) is 9.90. The molecular weight excluding hydrogens is 274 g/mol. The fourth-order valence-electron chi connectivity index (χ4n) is 1.76. The SMILES string of the molecule is CN(Cc1ccc(Cl)s1)C(=O)C1CNC(=O)CN1. The lowest BCUT2D eigenvalue weighted by Crippen LogP contribution is -2.58. The summed E-state index contributed by atoms with van der Waals surface area (Å²) in [6.45, 7) is 1.06. The van der Waals surface area contributed by atoms with Crippen LogP contribution in [-0.2, 0) is 16.1 Å². The first-order valence-corrected chi connectivity index (χ1v) is 6.75. The second kappa shape index (κ2) is 5.69. The molecule has 1 aliphatic rings. The second-order valence-electron chi connectivity index (χ2n) is 4.14. The fourth-order valence-corrected chi connectivity index (χ4v) is 2.90. The number of nitrogens with zero attached hydrogens (tertiary/aromatic N) is 1. The zero-order valence-corrected chi connectivity index (χ0v) is 11.5. The quantitative estimate of drug-likeness (QED) is 0.848. The Labute approximate surface area is 114 Å². The van der Waals surface area contributed by atoms with Crippen molar-refractivity contribution in [3.05, 3.63) is 21.3 Å². The van der Waals surface area contributed by atoms with E-state index in [2.05, 4.69) is 10.6 Å². The Morgan fingerprint density at radius 2 is 2.39 bits per heavy atom. The Morgan fingerprint density at radius 3 is 2.94 bits per heavy atom. The molecule has 1 aromatic rings. The number of piperazine rings is 1. The number of hydrogen-bond donors (Lipinski definition) is 2. The smallest absolute Gasteiger partial charge is 0.241 e. The molecule has 1 fully saturated rings. The van der Waals surface area contributed by atoms with Crippen molar-refractivity contribution in [1.82, 2.24) is 15.5 Å². The van der Waals surface area contributed by atoms with Crippen LogP contribution in [0.4, 0.5) is 0 Å². The summed E-state index contributed by atoms with van der Waals surface area (Å²) in [5, 5.41) is 5.58. The summed E-state index contributed by atoms with van der Waals surface area (Å²) in [5.41, 5.74) is 0. The van der Waals surface area contributed by atoms with Gasteiger partial charge in [0, 0.05) is 18.5 Å². The maximum Gasteiger partial charge on any atom is 0.241 e. The third-order valence-corrected chi connectivity index (χ3v) is 3.92. The van der Waals surface area contributed by atoms with Gasteiger partial charge >= 0.3 is 0 Å². The zero-order chi connectivity index (χ0) is 13.1. The summed E-state index contributed by atoms with van der Waals surface area (Å²) in [7, 11) is 1.74. The molecule has 2 rings (SSSR count). The molecule has 0 radical (unpaired) electrons. The van der Waals surface area contributed by atoms with Gasteiger partial charge in [-0.2, -0.15) is 0 Å². The van der Waals surface area contributed by atoms with Crippen LogP contribution in [0.2, 0.25) is 4.34 Å².